The van der Waals surface area contributed by atoms with Gasteiger partial charge in [0.1, 0.15) is 17.4 Å². The summed E-state index contributed by atoms with van der Waals surface area (Å²) in [5.74, 6) is 2.66. The molecule has 0 spiro atoms. The SMILES string of the molecule is COc1ccc([C@H]2CN(c3ccnc(C)n3)C[C@@H]2NC(C)=O)cc1. The Bertz CT molecular complexity index is 717. The molecule has 0 bridgehead atoms. The minimum atomic E-state index is -0.0146. The van der Waals surface area contributed by atoms with Gasteiger partial charge in [-0.05, 0) is 30.7 Å². The molecule has 1 aromatic heterocycles. The van der Waals surface area contributed by atoms with Crippen molar-refractivity contribution in [3.63, 3.8) is 0 Å². The van der Waals surface area contributed by atoms with Crippen LogP contribution in [0.5, 0.6) is 5.75 Å². The molecule has 1 fully saturated rings. The molecule has 3 rings (SSSR count). The van der Waals surface area contributed by atoms with Crippen molar-refractivity contribution in [2.24, 2.45) is 0 Å². The van der Waals surface area contributed by atoms with Crippen LogP contribution in [0.2, 0.25) is 0 Å². The predicted molar refractivity (Wildman–Crippen MR) is 92.3 cm³/mol. The van der Waals surface area contributed by atoms with Gasteiger partial charge in [-0.25, -0.2) is 9.97 Å². The van der Waals surface area contributed by atoms with E-state index in [0.717, 1.165) is 30.5 Å². The number of aryl methyl sites for hydroxylation is 1. The lowest BCUT2D eigenvalue weighted by molar-refractivity contribution is -0.119. The first-order chi connectivity index (χ1) is 11.6. The molecule has 2 aromatic rings. The van der Waals surface area contributed by atoms with Crippen molar-refractivity contribution < 1.29 is 9.53 Å². The first-order valence-electron chi connectivity index (χ1n) is 8.02. The first kappa shape index (κ1) is 16.2. The second-order valence-corrected chi connectivity index (χ2v) is 6.05. The summed E-state index contributed by atoms with van der Waals surface area (Å²) < 4.78 is 5.23. The Kier molecular flexibility index (Phi) is 4.64. The molecule has 24 heavy (non-hydrogen) atoms. The molecule has 126 valence electrons. The van der Waals surface area contributed by atoms with E-state index in [-0.39, 0.29) is 17.9 Å². The molecule has 1 aromatic carbocycles. The van der Waals surface area contributed by atoms with Crippen molar-refractivity contribution in [1.29, 1.82) is 0 Å². The second-order valence-electron chi connectivity index (χ2n) is 6.05. The molecular formula is C18H22N4O2. The monoisotopic (exact) mass is 326 g/mol. The number of methoxy groups -OCH3 is 1. The third-order valence-electron chi connectivity index (χ3n) is 4.34. The van der Waals surface area contributed by atoms with Crippen LogP contribution < -0.4 is 15.0 Å². The molecule has 0 radical (unpaired) electrons. The molecule has 6 heteroatoms. The van der Waals surface area contributed by atoms with Gasteiger partial charge in [-0.15, -0.1) is 0 Å². The van der Waals surface area contributed by atoms with Gasteiger partial charge in [-0.3, -0.25) is 4.79 Å². The first-order valence-corrected chi connectivity index (χ1v) is 8.02. The summed E-state index contributed by atoms with van der Waals surface area (Å²) in [7, 11) is 1.66. The number of aromatic nitrogens is 2. The van der Waals surface area contributed by atoms with Gasteiger partial charge in [0, 0.05) is 32.1 Å². The maximum atomic E-state index is 11.6. The Hall–Kier alpha value is -2.63. The molecule has 2 heterocycles. The quantitative estimate of drug-likeness (QED) is 0.929. The topological polar surface area (TPSA) is 67.3 Å². The van der Waals surface area contributed by atoms with Crippen LogP contribution in [0.15, 0.2) is 36.5 Å². The Labute approximate surface area is 141 Å². The standard InChI is InChI=1S/C18H22N4O2/c1-12-19-9-8-18(20-12)22-10-16(17(11-22)21-13(2)23)14-4-6-15(24-3)7-5-14/h4-9,16-17H,10-11H2,1-3H3,(H,21,23)/t16-,17+/m1/s1. The molecule has 1 aliphatic heterocycles. The Morgan fingerprint density at radius 3 is 2.62 bits per heavy atom. The van der Waals surface area contributed by atoms with E-state index in [2.05, 4.69) is 32.3 Å². The van der Waals surface area contributed by atoms with Crippen molar-refractivity contribution in [2.45, 2.75) is 25.8 Å². The fourth-order valence-electron chi connectivity index (χ4n) is 3.21. The van der Waals surface area contributed by atoms with Gasteiger partial charge in [0.2, 0.25) is 5.91 Å². The normalized spacial score (nSPS) is 20.0. The number of hydrogen-bond acceptors (Lipinski definition) is 5. The van der Waals surface area contributed by atoms with Gasteiger partial charge in [-0.1, -0.05) is 12.1 Å². The molecule has 6 nitrogen and oxygen atoms in total. The maximum absolute atomic E-state index is 11.6. The van der Waals surface area contributed by atoms with Gasteiger partial charge in [0.05, 0.1) is 13.2 Å². The second kappa shape index (κ2) is 6.86. The molecule has 0 saturated carbocycles. The van der Waals surface area contributed by atoms with E-state index in [1.807, 2.05) is 25.1 Å². The van der Waals surface area contributed by atoms with E-state index < -0.39 is 0 Å². The lowest BCUT2D eigenvalue weighted by atomic mass is 9.94. The van der Waals surface area contributed by atoms with Crippen LogP contribution in [0.25, 0.3) is 0 Å². The summed E-state index contributed by atoms with van der Waals surface area (Å²) in [6, 6.07) is 10.00. The summed E-state index contributed by atoms with van der Waals surface area (Å²) in [4.78, 5) is 22.5. The molecule has 1 aliphatic rings. The smallest absolute Gasteiger partial charge is 0.217 e. The third kappa shape index (κ3) is 3.48. The van der Waals surface area contributed by atoms with Crippen LogP contribution in [0.3, 0.4) is 0 Å². The maximum Gasteiger partial charge on any atom is 0.217 e. The summed E-state index contributed by atoms with van der Waals surface area (Å²) >= 11 is 0. The highest BCUT2D eigenvalue weighted by Crippen LogP contribution is 2.31. The largest absolute Gasteiger partial charge is 0.497 e. The van der Waals surface area contributed by atoms with Crippen LogP contribution in [0.4, 0.5) is 5.82 Å². The minimum absolute atomic E-state index is 0.0146. The fourth-order valence-corrected chi connectivity index (χ4v) is 3.21. The number of nitrogens with one attached hydrogen (secondary N) is 1. The highest BCUT2D eigenvalue weighted by Gasteiger charge is 2.35. The zero-order chi connectivity index (χ0) is 17.1. The highest BCUT2D eigenvalue weighted by atomic mass is 16.5. The number of amides is 1. The molecule has 2 atom stereocenters. The highest BCUT2D eigenvalue weighted by molar-refractivity contribution is 5.73. The van der Waals surface area contributed by atoms with Crippen molar-refractivity contribution >= 4 is 11.7 Å². The minimum Gasteiger partial charge on any atom is -0.497 e. The van der Waals surface area contributed by atoms with Crippen molar-refractivity contribution in [3.8, 4) is 5.75 Å². The van der Waals surface area contributed by atoms with E-state index in [4.69, 9.17) is 4.74 Å². The third-order valence-corrected chi connectivity index (χ3v) is 4.34. The average molecular weight is 326 g/mol. The number of nitrogens with zero attached hydrogens (tertiary/aromatic N) is 3. The summed E-state index contributed by atoms with van der Waals surface area (Å²) in [6.45, 7) is 4.97. The number of hydrogen-bond donors (Lipinski definition) is 1. The molecule has 1 N–H and O–H groups in total. The molecule has 1 amide bonds. The van der Waals surface area contributed by atoms with Crippen LogP contribution in [-0.4, -0.2) is 42.1 Å². The molecule has 0 aliphatic carbocycles. The van der Waals surface area contributed by atoms with Crippen LogP contribution in [0, 0.1) is 6.92 Å². The number of anilines is 1. The van der Waals surface area contributed by atoms with Crippen LogP contribution in [-0.2, 0) is 4.79 Å². The van der Waals surface area contributed by atoms with E-state index in [1.165, 1.54) is 5.56 Å². The lowest BCUT2D eigenvalue weighted by Gasteiger charge is -2.19. The molecular weight excluding hydrogens is 304 g/mol. The summed E-state index contributed by atoms with van der Waals surface area (Å²) in [5.41, 5.74) is 1.18. The van der Waals surface area contributed by atoms with Gasteiger partial charge in [-0.2, -0.15) is 0 Å². The van der Waals surface area contributed by atoms with E-state index in [0.29, 0.717) is 0 Å². The van der Waals surface area contributed by atoms with E-state index >= 15 is 0 Å². The Morgan fingerprint density at radius 2 is 2.00 bits per heavy atom. The van der Waals surface area contributed by atoms with Crippen molar-refractivity contribution in [2.75, 3.05) is 25.1 Å². The van der Waals surface area contributed by atoms with E-state index in [1.54, 1.807) is 20.2 Å². The van der Waals surface area contributed by atoms with Crippen LogP contribution in [0.1, 0.15) is 24.2 Å². The number of carbonyl (C=O) groups excluding carboxylic acids is 1. The number of ether oxygens (including phenoxy) is 1. The summed E-state index contributed by atoms with van der Waals surface area (Å²) in [5, 5.41) is 3.08. The summed E-state index contributed by atoms with van der Waals surface area (Å²) in [6.07, 6.45) is 1.77. The number of benzene rings is 1. The predicted octanol–water partition coefficient (Wildman–Crippen LogP) is 1.90. The van der Waals surface area contributed by atoms with Crippen LogP contribution >= 0.6 is 0 Å². The number of rotatable bonds is 4. The lowest BCUT2D eigenvalue weighted by Crippen LogP contribution is -2.38. The molecule has 0 unspecified atom stereocenters. The van der Waals surface area contributed by atoms with Gasteiger partial charge in [0.15, 0.2) is 0 Å². The van der Waals surface area contributed by atoms with Crippen molar-refractivity contribution in [3.05, 3.63) is 47.9 Å². The van der Waals surface area contributed by atoms with Crippen molar-refractivity contribution in [1.82, 2.24) is 15.3 Å². The number of carbonyl (C=O) groups is 1. The van der Waals surface area contributed by atoms with E-state index in [9.17, 15) is 4.79 Å². The Balaban J connectivity index is 1.86. The zero-order valence-electron chi connectivity index (χ0n) is 14.2. The fraction of sp³-hybridized carbons (Fsp3) is 0.389. The zero-order valence-corrected chi connectivity index (χ0v) is 14.2. The van der Waals surface area contributed by atoms with Gasteiger partial charge in [0.25, 0.3) is 0 Å². The average Bonchev–Trinajstić information content (AvgIpc) is 2.98. The molecule has 1 saturated heterocycles. The van der Waals surface area contributed by atoms with Gasteiger partial charge >= 0.3 is 0 Å². The Morgan fingerprint density at radius 1 is 1.25 bits per heavy atom. The van der Waals surface area contributed by atoms with Gasteiger partial charge < -0.3 is 15.0 Å².